The van der Waals surface area contributed by atoms with Gasteiger partial charge < -0.3 is 15.5 Å². The Kier molecular flexibility index (Phi) is 5.14. The van der Waals surface area contributed by atoms with Crippen molar-refractivity contribution in [3.8, 4) is 0 Å². The van der Waals surface area contributed by atoms with Gasteiger partial charge in [0, 0.05) is 17.9 Å². The molecular weight excluding hydrogens is 310 g/mol. The maximum Gasteiger partial charge on any atom is 0.256 e. The molecule has 7 heteroatoms. The zero-order valence-corrected chi connectivity index (χ0v) is 13.3. The molecule has 0 bridgehead atoms. The average Bonchev–Trinajstić information content (AvgIpc) is 2.72. The van der Waals surface area contributed by atoms with Crippen LogP contribution in [0.15, 0.2) is 27.8 Å². The predicted octanol–water partition coefficient (Wildman–Crippen LogP) is 3.65. The molecule has 1 aromatic heterocycles. The smallest absolute Gasteiger partial charge is 0.256 e. The number of anilines is 2. The largest absolute Gasteiger partial charge is 0.437 e. The Labute approximate surface area is 132 Å². The molecule has 1 amide bonds. The van der Waals surface area contributed by atoms with Crippen LogP contribution in [-0.4, -0.2) is 16.6 Å². The fraction of sp³-hybridized carbons (Fsp3) is 0.286. The molecule has 0 aliphatic rings. The van der Waals surface area contributed by atoms with Crippen LogP contribution in [0.1, 0.15) is 17.9 Å². The summed E-state index contributed by atoms with van der Waals surface area (Å²) in [6.45, 7) is 3.75. The molecular formula is C14H16ClN3O2S. The fourth-order valence-corrected chi connectivity index (χ4v) is 2.67. The lowest BCUT2D eigenvalue weighted by molar-refractivity contribution is -0.115. The quantitative estimate of drug-likeness (QED) is 0.648. The number of nitrogens with two attached hydrogens (primary N) is 1. The molecule has 2 aromatic rings. The third-order valence-corrected chi connectivity index (χ3v) is 3.97. The number of nitrogens with zero attached hydrogens (tertiary/aromatic N) is 1. The summed E-state index contributed by atoms with van der Waals surface area (Å²) in [6.07, 6.45) is 0.339. The van der Waals surface area contributed by atoms with E-state index in [1.54, 1.807) is 18.2 Å². The van der Waals surface area contributed by atoms with Crippen molar-refractivity contribution >= 4 is 40.6 Å². The van der Waals surface area contributed by atoms with Crippen LogP contribution in [-0.2, 0) is 4.79 Å². The number of benzene rings is 1. The van der Waals surface area contributed by atoms with Gasteiger partial charge in [-0.25, -0.2) is 4.98 Å². The van der Waals surface area contributed by atoms with Crippen molar-refractivity contribution in [3.63, 3.8) is 0 Å². The van der Waals surface area contributed by atoms with Gasteiger partial charge in [0.15, 0.2) is 0 Å². The number of rotatable bonds is 5. The standard InChI is InChI=1S/C14H16ClN3O2S/c1-8-9(2)20-14(17-8)21-6-5-13(19)18-12-4-3-10(16)7-11(12)15/h3-4,7H,5-6,16H2,1-2H3,(H,18,19). The molecule has 0 atom stereocenters. The Hall–Kier alpha value is -1.66. The molecule has 0 spiro atoms. The van der Waals surface area contributed by atoms with Gasteiger partial charge in [0.2, 0.25) is 5.91 Å². The van der Waals surface area contributed by atoms with Crippen LogP contribution in [0.4, 0.5) is 11.4 Å². The summed E-state index contributed by atoms with van der Waals surface area (Å²) in [7, 11) is 0. The van der Waals surface area contributed by atoms with Gasteiger partial charge in [0.05, 0.1) is 16.4 Å². The molecule has 0 saturated heterocycles. The van der Waals surface area contributed by atoms with Gasteiger partial charge in [-0.05, 0) is 32.0 Å². The monoisotopic (exact) mass is 325 g/mol. The van der Waals surface area contributed by atoms with Gasteiger partial charge in [-0.15, -0.1) is 0 Å². The maximum absolute atomic E-state index is 11.8. The molecule has 5 nitrogen and oxygen atoms in total. The van der Waals surface area contributed by atoms with Gasteiger partial charge in [-0.1, -0.05) is 23.4 Å². The molecule has 0 radical (unpaired) electrons. The van der Waals surface area contributed by atoms with Crippen molar-refractivity contribution in [3.05, 3.63) is 34.7 Å². The first-order valence-electron chi connectivity index (χ1n) is 6.37. The van der Waals surface area contributed by atoms with Crippen LogP contribution in [0.25, 0.3) is 0 Å². The molecule has 0 fully saturated rings. The first kappa shape index (κ1) is 15.7. The molecule has 2 rings (SSSR count). The van der Waals surface area contributed by atoms with E-state index in [0.717, 1.165) is 11.5 Å². The first-order valence-corrected chi connectivity index (χ1v) is 7.74. The minimum atomic E-state index is -0.117. The van der Waals surface area contributed by atoms with Gasteiger partial charge in [0.25, 0.3) is 5.22 Å². The molecule has 0 saturated carbocycles. The number of hydrogen-bond donors (Lipinski definition) is 2. The number of halogens is 1. The van der Waals surface area contributed by atoms with Gasteiger partial charge in [-0.2, -0.15) is 0 Å². The van der Waals surface area contributed by atoms with E-state index in [2.05, 4.69) is 10.3 Å². The number of nitrogen functional groups attached to an aromatic ring is 1. The Morgan fingerprint density at radius 3 is 2.86 bits per heavy atom. The summed E-state index contributed by atoms with van der Waals surface area (Å²) in [5.41, 5.74) is 7.59. The molecule has 21 heavy (non-hydrogen) atoms. The predicted molar refractivity (Wildman–Crippen MR) is 85.8 cm³/mol. The van der Waals surface area contributed by atoms with Crippen molar-refractivity contribution < 1.29 is 9.21 Å². The van der Waals surface area contributed by atoms with Crippen LogP contribution >= 0.6 is 23.4 Å². The third kappa shape index (κ3) is 4.41. The van der Waals surface area contributed by atoms with Crippen LogP contribution in [0.5, 0.6) is 0 Å². The molecule has 1 aromatic carbocycles. The van der Waals surface area contributed by atoms with Crippen LogP contribution < -0.4 is 11.1 Å². The second-order valence-corrected chi connectivity index (χ2v) is 5.96. The lowest BCUT2D eigenvalue weighted by Crippen LogP contribution is -2.12. The number of carbonyl (C=O) groups excluding carboxylic acids is 1. The molecule has 0 aliphatic heterocycles. The molecule has 3 N–H and O–H groups in total. The van der Waals surface area contributed by atoms with Crippen molar-refractivity contribution in [2.45, 2.75) is 25.5 Å². The van der Waals surface area contributed by atoms with E-state index >= 15 is 0 Å². The van der Waals surface area contributed by atoms with Gasteiger partial charge >= 0.3 is 0 Å². The van der Waals surface area contributed by atoms with E-state index < -0.39 is 0 Å². The minimum Gasteiger partial charge on any atom is -0.437 e. The van der Waals surface area contributed by atoms with Crippen LogP contribution in [0, 0.1) is 13.8 Å². The summed E-state index contributed by atoms with van der Waals surface area (Å²) >= 11 is 7.41. The molecule has 0 aliphatic carbocycles. The van der Waals surface area contributed by atoms with Crippen molar-refractivity contribution in [1.29, 1.82) is 0 Å². The normalized spacial score (nSPS) is 10.6. The maximum atomic E-state index is 11.8. The lowest BCUT2D eigenvalue weighted by Gasteiger charge is -2.07. The SMILES string of the molecule is Cc1nc(SCCC(=O)Nc2ccc(N)cc2Cl)oc1C. The van der Waals surface area contributed by atoms with Gasteiger partial charge in [0.1, 0.15) is 5.76 Å². The van der Waals surface area contributed by atoms with E-state index in [1.807, 2.05) is 13.8 Å². The van der Waals surface area contributed by atoms with E-state index in [-0.39, 0.29) is 5.91 Å². The Morgan fingerprint density at radius 1 is 1.48 bits per heavy atom. The highest BCUT2D eigenvalue weighted by Crippen LogP contribution is 2.25. The highest BCUT2D eigenvalue weighted by Gasteiger charge is 2.09. The topological polar surface area (TPSA) is 81.2 Å². The molecule has 0 unspecified atom stereocenters. The van der Waals surface area contributed by atoms with E-state index in [4.69, 9.17) is 21.8 Å². The number of oxazole rings is 1. The van der Waals surface area contributed by atoms with Crippen LogP contribution in [0.3, 0.4) is 0 Å². The number of hydrogen-bond acceptors (Lipinski definition) is 5. The molecule has 1 heterocycles. The van der Waals surface area contributed by atoms with E-state index in [1.165, 1.54) is 11.8 Å². The van der Waals surface area contributed by atoms with Gasteiger partial charge in [-0.3, -0.25) is 4.79 Å². The highest BCUT2D eigenvalue weighted by molar-refractivity contribution is 7.99. The second kappa shape index (κ2) is 6.87. The van der Waals surface area contributed by atoms with Crippen LogP contribution in [0.2, 0.25) is 5.02 Å². The zero-order valence-electron chi connectivity index (χ0n) is 11.8. The average molecular weight is 326 g/mol. The van der Waals surface area contributed by atoms with Crippen molar-refractivity contribution in [1.82, 2.24) is 4.98 Å². The Morgan fingerprint density at radius 2 is 2.24 bits per heavy atom. The number of carbonyl (C=O) groups is 1. The zero-order chi connectivity index (χ0) is 15.4. The summed E-state index contributed by atoms with van der Waals surface area (Å²) in [5, 5.41) is 3.76. The first-order chi connectivity index (χ1) is 9.95. The molecule has 112 valence electrons. The summed E-state index contributed by atoms with van der Waals surface area (Å²) in [5.74, 6) is 1.27. The second-order valence-electron chi connectivity index (χ2n) is 4.51. The summed E-state index contributed by atoms with van der Waals surface area (Å²) < 4.78 is 5.43. The number of aryl methyl sites for hydroxylation is 2. The Balaban J connectivity index is 1.82. The van der Waals surface area contributed by atoms with Crippen molar-refractivity contribution in [2.75, 3.05) is 16.8 Å². The highest BCUT2D eigenvalue weighted by atomic mass is 35.5. The third-order valence-electron chi connectivity index (χ3n) is 2.83. The number of thioether (sulfide) groups is 1. The number of amides is 1. The summed E-state index contributed by atoms with van der Waals surface area (Å²) in [6, 6.07) is 4.97. The number of aromatic nitrogens is 1. The minimum absolute atomic E-state index is 0.117. The van der Waals surface area contributed by atoms with E-state index in [0.29, 0.717) is 33.8 Å². The lowest BCUT2D eigenvalue weighted by atomic mass is 10.3. The van der Waals surface area contributed by atoms with Crippen molar-refractivity contribution in [2.24, 2.45) is 0 Å². The Bertz CT molecular complexity index is 638. The summed E-state index contributed by atoms with van der Waals surface area (Å²) in [4.78, 5) is 16.1. The fourth-order valence-electron chi connectivity index (χ4n) is 1.58. The van der Waals surface area contributed by atoms with E-state index in [9.17, 15) is 4.79 Å². The number of nitrogens with one attached hydrogen (secondary N) is 1.